The number of carboxylic acids is 1. The minimum atomic E-state index is -0.957. The van der Waals surface area contributed by atoms with E-state index >= 15 is 0 Å². The van der Waals surface area contributed by atoms with Crippen LogP contribution >= 0.6 is 0 Å². The zero-order chi connectivity index (χ0) is 23.3. The Morgan fingerprint density at radius 1 is 1.35 bits per heavy atom. The van der Waals surface area contributed by atoms with Crippen molar-refractivity contribution in [1.29, 1.82) is 0 Å². The molecule has 0 radical (unpaired) electrons. The molecule has 170 valence electrons. The molecular formula is C25H34O6. The van der Waals surface area contributed by atoms with Crippen molar-refractivity contribution in [2.75, 3.05) is 0 Å². The molecule has 0 heterocycles. The van der Waals surface area contributed by atoms with Crippen LogP contribution in [0.25, 0.3) is 0 Å². The molecular weight excluding hydrogens is 396 g/mol. The van der Waals surface area contributed by atoms with Crippen molar-refractivity contribution >= 4 is 24.0 Å². The Bertz CT molecular complexity index is 807. The van der Waals surface area contributed by atoms with Crippen LogP contribution in [0.3, 0.4) is 0 Å². The van der Waals surface area contributed by atoms with Crippen molar-refractivity contribution in [3.63, 3.8) is 0 Å². The Morgan fingerprint density at radius 3 is 2.61 bits per heavy atom. The molecule has 2 aliphatic carbocycles. The lowest BCUT2D eigenvalue weighted by molar-refractivity contribution is -0.152. The van der Waals surface area contributed by atoms with Crippen LogP contribution in [0.15, 0.2) is 36.0 Å². The summed E-state index contributed by atoms with van der Waals surface area (Å²) in [5.74, 6) is -2.42. The van der Waals surface area contributed by atoms with Crippen LogP contribution in [0.4, 0.5) is 0 Å². The average Bonchev–Trinajstić information content (AvgIpc) is 2.71. The van der Waals surface area contributed by atoms with Crippen LogP contribution in [0, 0.1) is 29.1 Å². The molecule has 1 saturated carbocycles. The lowest BCUT2D eigenvalue weighted by atomic mass is 9.56. The SMILES string of the molecule is C=C(C=O)[C@@H]1C[C@@]2(C)C(=CC1=O)[C@H](OC(=O)/C=C/C(C)CC(C)CC)CC[C@@H]2C(=O)O. The number of ketones is 1. The van der Waals surface area contributed by atoms with Gasteiger partial charge in [0.15, 0.2) is 5.78 Å². The number of allylic oxidation sites excluding steroid dienone is 3. The van der Waals surface area contributed by atoms with Gasteiger partial charge in [-0.25, -0.2) is 4.79 Å². The summed E-state index contributed by atoms with van der Waals surface area (Å²) in [7, 11) is 0. The molecule has 2 rings (SSSR count). The molecule has 0 aromatic heterocycles. The van der Waals surface area contributed by atoms with Gasteiger partial charge in [-0.15, -0.1) is 0 Å². The summed E-state index contributed by atoms with van der Waals surface area (Å²) in [5, 5.41) is 9.77. The number of aliphatic carboxylic acids is 1. The number of carboxylic acid groups (broad SMARTS) is 1. The molecule has 1 N–H and O–H groups in total. The summed E-state index contributed by atoms with van der Waals surface area (Å²) in [4.78, 5) is 48.2. The minimum absolute atomic E-state index is 0.142. The van der Waals surface area contributed by atoms with Crippen LogP contribution in [-0.4, -0.2) is 35.2 Å². The third-order valence-corrected chi connectivity index (χ3v) is 6.95. The van der Waals surface area contributed by atoms with Crippen molar-refractivity contribution in [2.24, 2.45) is 29.1 Å². The number of carbonyl (C=O) groups is 4. The fourth-order valence-corrected chi connectivity index (χ4v) is 4.87. The zero-order valence-electron chi connectivity index (χ0n) is 18.9. The highest BCUT2D eigenvalue weighted by molar-refractivity contribution is 6.00. The molecule has 0 amide bonds. The van der Waals surface area contributed by atoms with E-state index in [9.17, 15) is 24.3 Å². The average molecular weight is 431 g/mol. The van der Waals surface area contributed by atoms with Gasteiger partial charge in [0.25, 0.3) is 0 Å². The predicted octanol–water partition coefficient (Wildman–Crippen LogP) is 4.30. The molecule has 31 heavy (non-hydrogen) atoms. The Morgan fingerprint density at radius 2 is 2.03 bits per heavy atom. The summed E-state index contributed by atoms with van der Waals surface area (Å²) < 4.78 is 5.68. The Balaban J connectivity index is 2.23. The van der Waals surface area contributed by atoms with Crippen molar-refractivity contribution < 1.29 is 29.0 Å². The van der Waals surface area contributed by atoms with E-state index in [0.717, 1.165) is 12.8 Å². The first kappa shape index (κ1) is 24.8. The molecule has 6 heteroatoms. The van der Waals surface area contributed by atoms with Crippen LogP contribution in [0.2, 0.25) is 0 Å². The van der Waals surface area contributed by atoms with Gasteiger partial charge < -0.3 is 9.84 Å². The maximum atomic E-state index is 12.6. The van der Waals surface area contributed by atoms with Gasteiger partial charge in [-0.3, -0.25) is 14.4 Å². The second-order valence-electron chi connectivity index (χ2n) is 9.35. The number of aldehydes is 1. The third-order valence-electron chi connectivity index (χ3n) is 6.95. The lowest BCUT2D eigenvalue weighted by Crippen LogP contribution is -2.49. The molecule has 0 aromatic carbocycles. The van der Waals surface area contributed by atoms with Gasteiger partial charge in [0.1, 0.15) is 12.4 Å². The molecule has 2 aliphatic rings. The number of hydrogen-bond donors (Lipinski definition) is 1. The summed E-state index contributed by atoms with van der Waals surface area (Å²) in [6.45, 7) is 11.8. The summed E-state index contributed by atoms with van der Waals surface area (Å²) in [6, 6.07) is 0. The van der Waals surface area contributed by atoms with Crippen molar-refractivity contribution in [2.45, 2.75) is 65.9 Å². The number of rotatable bonds is 9. The van der Waals surface area contributed by atoms with Gasteiger partial charge >= 0.3 is 11.9 Å². The molecule has 2 unspecified atom stereocenters. The van der Waals surface area contributed by atoms with Gasteiger partial charge in [-0.2, -0.15) is 0 Å². The van der Waals surface area contributed by atoms with Gasteiger partial charge in [0.2, 0.25) is 0 Å². The standard InChI is InChI=1S/C25H34O6/c1-6-15(2)11-16(3)7-10-23(28)31-22-9-8-19(24(29)30)25(5)13-18(17(4)14-26)21(27)12-20(22)25/h7,10,12,14-16,18-19,22H,4,6,8-9,11,13H2,1-3,5H3,(H,29,30)/b10-7+/t15?,16?,18-,19+,22+,25+/m0/s1. The molecule has 6 atom stereocenters. The van der Waals surface area contributed by atoms with E-state index in [1.54, 1.807) is 6.92 Å². The highest BCUT2D eigenvalue weighted by Crippen LogP contribution is 2.53. The highest BCUT2D eigenvalue weighted by atomic mass is 16.5. The zero-order valence-corrected chi connectivity index (χ0v) is 18.9. The molecule has 0 bridgehead atoms. The van der Waals surface area contributed by atoms with Crippen LogP contribution in [0.1, 0.15) is 59.8 Å². The van der Waals surface area contributed by atoms with Crippen LogP contribution < -0.4 is 0 Å². The van der Waals surface area contributed by atoms with Gasteiger partial charge in [0.05, 0.1) is 11.8 Å². The van der Waals surface area contributed by atoms with Crippen molar-refractivity contribution in [1.82, 2.24) is 0 Å². The van der Waals surface area contributed by atoms with E-state index in [-0.39, 0.29) is 23.7 Å². The second kappa shape index (κ2) is 10.2. The smallest absolute Gasteiger partial charge is 0.331 e. The molecule has 0 saturated heterocycles. The normalized spacial score (nSPS) is 30.1. The molecule has 0 aliphatic heterocycles. The van der Waals surface area contributed by atoms with Crippen LogP contribution in [-0.2, 0) is 23.9 Å². The first-order valence-corrected chi connectivity index (χ1v) is 11.0. The van der Waals surface area contributed by atoms with E-state index in [0.29, 0.717) is 30.6 Å². The van der Waals surface area contributed by atoms with Crippen molar-refractivity contribution in [3.05, 3.63) is 36.0 Å². The van der Waals surface area contributed by atoms with Gasteiger partial charge in [-0.05, 0) is 54.7 Å². The third kappa shape index (κ3) is 5.60. The Kier molecular flexibility index (Phi) is 8.15. The Labute approximate surface area is 184 Å². The summed E-state index contributed by atoms with van der Waals surface area (Å²) in [5.41, 5.74) is -0.226. The second-order valence-corrected chi connectivity index (χ2v) is 9.35. The van der Waals surface area contributed by atoms with Gasteiger partial charge in [0, 0.05) is 11.5 Å². The predicted molar refractivity (Wildman–Crippen MR) is 117 cm³/mol. The summed E-state index contributed by atoms with van der Waals surface area (Å²) >= 11 is 0. The largest absolute Gasteiger partial charge is 0.481 e. The monoisotopic (exact) mass is 430 g/mol. The first-order chi connectivity index (χ1) is 14.5. The van der Waals surface area contributed by atoms with E-state index in [2.05, 4.69) is 20.4 Å². The lowest BCUT2D eigenvalue weighted by Gasteiger charge is -2.48. The van der Waals surface area contributed by atoms with E-state index in [1.165, 1.54) is 12.2 Å². The topological polar surface area (TPSA) is 97.7 Å². The fourth-order valence-electron chi connectivity index (χ4n) is 4.87. The van der Waals surface area contributed by atoms with Crippen molar-refractivity contribution in [3.8, 4) is 0 Å². The number of ether oxygens (including phenoxy) is 1. The fraction of sp³-hybridized carbons (Fsp3) is 0.600. The summed E-state index contributed by atoms with van der Waals surface area (Å²) in [6.07, 6.45) is 7.42. The minimum Gasteiger partial charge on any atom is -0.481 e. The van der Waals surface area contributed by atoms with E-state index in [4.69, 9.17) is 4.74 Å². The number of carbonyl (C=O) groups excluding carboxylic acids is 3. The van der Waals surface area contributed by atoms with Gasteiger partial charge in [-0.1, -0.05) is 46.8 Å². The molecule has 1 fully saturated rings. The van der Waals surface area contributed by atoms with Crippen LogP contribution in [0.5, 0.6) is 0 Å². The van der Waals surface area contributed by atoms with E-state index in [1.807, 2.05) is 13.0 Å². The highest BCUT2D eigenvalue weighted by Gasteiger charge is 2.53. The molecule has 0 aromatic rings. The molecule has 6 nitrogen and oxygen atoms in total. The number of esters is 1. The first-order valence-electron chi connectivity index (χ1n) is 11.0. The maximum Gasteiger partial charge on any atom is 0.331 e. The Hall–Kier alpha value is -2.50. The quantitative estimate of drug-likeness (QED) is 0.333. The number of hydrogen-bond acceptors (Lipinski definition) is 5. The molecule has 0 spiro atoms. The number of fused-ring (bicyclic) bond motifs is 1. The maximum absolute atomic E-state index is 12.6. The van der Waals surface area contributed by atoms with E-state index < -0.39 is 35.3 Å².